The zero-order valence-electron chi connectivity index (χ0n) is 9.21. The maximum absolute atomic E-state index is 9.88. The Balaban J connectivity index is 1.94. The SMILES string of the molecule is CCC1(O)CN(Cc2ccc(Cl)c(Cl)c2)C1. The van der Waals surface area contributed by atoms with Crippen LogP contribution in [0, 0.1) is 0 Å². The first-order valence-corrected chi connectivity index (χ1v) is 6.17. The topological polar surface area (TPSA) is 23.5 Å². The van der Waals surface area contributed by atoms with E-state index in [0.29, 0.717) is 10.0 Å². The molecule has 0 aromatic heterocycles. The summed E-state index contributed by atoms with van der Waals surface area (Å²) in [6.07, 6.45) is 0.810. The second kappa shape index (κ2) is 4.53. The lowest BCUT2D eigenvalue weighted by atomic mass is 9.91. The van der Waals surface area contributed by atoms with E-state index in [9.17, 15) is 5.11 Å². The van der Waals surface area contributed by atoms with Gasteiger partial charge in [0.1, 0.15) is 0 Å². The van der Waals surface area contributed by atoms with E-state index in [0.717, 1.165) is 31.6 Å². The first-order valence-electron chi connectivity index (χ1n) is 5.41. The Kier molecular flexibility index (Phi) is 3.45. The summed E-state index contributed by atoms with van der Waals surface area (Å²) in [7, 11) is 0. The van der Waals surface area contributed by atoms with Gasteiger partial charge in [-0.15, -0.1) is 0 Å². The predicted octanol–water partition coefficient (Wildman–Crippen LogP) is 2.95. The zero-order chi connectivity index (χ0) is 11.8. The summed E-state index contributed by atoms with van der Waals surface area (Å²) < 4.78 is 0. The van der Waals surface area contributed by atoms with E-state index < -0.39 is 5.60 Å². The Morgan fingerprint density at radius 1 is 1.31 bits per heavy atom. The molecular weight excluding hydrogens is 245 g/mol. The number of halogens is 2. The van der Waals surface area contributed by atoms with Crippen LogP contribution in [0.25, 0.3) is 0 Å². The van der Waals surface area contributed by atoms with Crippen molar-refractivity contribution in [2.75, 3.05) is 13.1 Å². The summed E-state index contributed by atoms with van der Waals surface area (Å²) in [5.74, 6) is 0. The molecule has 1 heterocycles. The third-order valence-corrected chi connectivity index (χ3v) is 3.82. The average molecular weight is 260 g/mol. The molecule has 0 radical (unpaired) electrons. The molecule has 0 spiro atoms. The van der Waals surface area contributed by atoms with Crippen molar-refractivity contribution in [3.05, 3.63) is 33.8 Å². The van der Waals surface area contributed by atoms with Crippen LogP contribution in [0.4, 0.5) is 0 Å². The molecule has 16 heavy (non-hydrogen) atoms. The largest absolute Gasteiger partial charge is 0.387 e. The molecule has 0 bridgehead atoms. The zero-order valence-corrected chi connectivity index (χ0v) is 10.7. The lowest BCUT2D eigenvalue weighted by molar-refractivity contribution is -0.103. The van der Waals surface area contributed by atoms with E-state index in [2.05, 4.69) is 4.90 Å². The normalized spacial score (nSPS) is 19.5. The Morgan fingerprint density at radius 2 is 2.00 bits per heavy atom. The maximum Gasteiger partial charge on any atom is 0.0897 e. The number of likely N-dealkylation sites (tertiary alicyclic amines) is 1. The molecule has 0 saturated carbocycles. The van der Waals surface area contributed by atoms with Crippen LogP contribution in [0.15, 0.2) is 18.2 Å². The van der Waals surface area contributed by atoms with Crippen LogP contribution in [0.3, 0.4) is 0 Å². The fourth-order valence-corrected chi connectivity index (χ4v) is 2.34. The van der Waals surface area contributed by atoms with E-state index in [-0.39, 0.29) is 0 Å². The van der Waals surface area contributed by atoms with Gasteiger partial charge in [0, 0.05) is 19.6 Å². The minimum Gasteiger partial charge on any atom is -0.387 e. The number of nitrogens with zero attached hydrogens (tertiary/aromatic N) is 1. The van der Waals surface area contributed by atoms with Crippen molar-refractivity contribution in [2.45, 2.75) is 25.5 Å². The van der Waals surface area contributed by atoms with Crippen molar-refractivity contribution < 1.29 is 5.11 Å². The lowest BCUT2D eigenvalue weighted by Crippen LogP contribution is -2.60. The quantitative estimate of drug-likeness (QED) is 0.903. The van der Waals surface area contributed by atoms with Crippen LogP contribution >= 0.6 is 23.2 Å². The van der Waals surface area contributed by atoms with Crippen molar-refractivity contribution in [3.63, 3.8) is 0 Å². The average Bonchev–Trinajstić information content (AvgIpc) is 2.21. The molecule has 1 fully saturated rings. The summed E-state index contributed by atoms with van der Waals surface area (Å²) >= 11 is 11.8. The van der Waals surface area contributed by atoms with Gasteiger partial charge in [0.2, 0.25) is 0 Å². The molecule has 0 aliphatic carbocycles. The van der Waals surface area contributed by atoms with Gasteiger partial charge in [-0.3, -0.25) is 4.90 Å². The van der Waals surface area contributed by atoms with Crippen LogP contribution < -0.4 is 0 Å². The molecule has 1 aromatic carbocycles. The first kappa shape index (κ1) is 12.2. The first-order chi connectivity index (χ1) is 7.52. The van der Waals surface area contributed by atoms with Crippen LogP contribution in [0.1, 0.15) is 18.9 Å². The molecule has 4 heteroatoms. The van der Waals surface area contributed by atoms with E-state index in [1.54, 1.807) is 0 Å². The fraction of sp³-hybridized carbons (Fsp3) is 0.500. The van der Waals surface area contributed by atoms with Crippen molar-refractivity contribution >= 4 is 23.2 Å². The van der Waals surface area contributed by atoms with E-state index in [4.69, 9.17) is 23.2 Å². The van der Waals surface area contributed by atoms with Crippen molar-refractivity contribution in [2.24, 2.45) is 0 Å². The van der Waals surface area contributed by atoms with E-state index in [1.807, 2.05) is 25.1 Å². The van der Waals surface area contributed by atoms with Gasteiger partial charge >= 0.3 is 0 Å². The number of benzene rings is 1. The molecule has 1 saturated heterocycles. The number of aliphatic hydroxyl groups is 1. The number of hydrogen-bond donors (Lipinski definition) is 1. The minimum atomic E-state index is -0.476. The number of rotatable bonds is 3. The molecule has 1 aliphatic rings. The molecule has 2 nitrogen and oxygen atoms in total. The molecule has 0 atom stereocenters. The highest BCUT2D eigenvalue weighted by Crippen LogP contribution is 2.28. The lowest BCUT2D eigenvalue weighted by Gasteiger charge is -2.46. The van der Waals surface area contributed by atoms with Gasteiger partial charge < -0.3 is 5.11 Å². The highest BCUT2D eigenvalue weighted by molar-refractivity contribution is 6.42. The summed E-state index contributed by atoms with van der Waals surface area (Å²) in [5.41, 5.74) is 0.656. The van der Waals surface area contributed by atoms with Gasteiger partial charge in [-0.2, -0.15) is 0 Å². The number of β-amino-alcohol motifs (C(OH)–C–C–N with tert-alkyl or cyclic N) is 1. The third-order valence-electron chi connectivity index (χ3n) is 3.08. The van der Waals surface area contributed by atoms with Gasteiger partial charge in [-0.25, -0.2) is 0 Å². The molecule has 0 unspecified atom stereocenters. The summed E-state index contributed by atoms with van der Waals surface area (Å²) in [6, 6.07) is 5.66. The molecule has 1 N–H and O–H groups in total. The minimum absolute atomic E-state index is 0.476. The molecule has 1 aliphatic heterocycles. The van der Waals surface area contributed by atoms with Gasteiger partial charge in [0.25, 0.3) is 0 Å². The van der Waals surface area contributed by atoms with Gasteiger partial charge in [0.15, 0.2) is 0 Å². The fourth-order valence-electron chi connectivity index (χ4n) is 2.02. The third kappa shape index (κ3) is 2.51. The molecular formula is C12H15Cl2NO. The van der Waals surface area contributed by atoms with Gasteiger partial charge in [0.05, 0.1) is 15.6 Å². The van der Waals surface area contributed by atoms with Crippen LogP contribution in [0.2, 0.25) is 10.0 Å². The van der Waals surface area contributed by atoms with Crippen LogP contribution in [-0.4, -0.2) is 28.7 Å². The van der Waals surface area contributed by atoms with Crippen LogP contribution in [0.5, 0.6) is 0 Å². The van der Waals surface area contributed by atoms with Crippen molar-refractivity contribution in [1.29, 1.82) is 0 Å². The van der Waals surface area contributed by atoms with E-state index in [1.165, 1.54) is 0 Å². The van der Waals surface area contributed by atoms with Gasteiger partial charge in [-0.05, 0) is 24.1 Å². The molecule has 88 valence electrons. The molecule has 2 rings (SSSR count). The Labute approximate surface area is 106 Å². The highest BCUT2D eigenvalue weighted by atomic mass is 35.5. The second-order valence-corrected chi connectivity index (χ2v) is 5.29. The predicted molar refractivity (Wildman–Crippen MR) is 67.0 cm³/mol. The standard InChI is InChI=1S/C12H15Cl2NO/c1-2-12(16)7-15(8-12)6-9-3-4-10(13)11(14)5-9/h3-5,16H,2,6-8H2,1H3. The van der Waals surface area contributed by atoms with E-state index >= 15 is 0 Å². The number of hydrogen-bond acceptors (Lipinski definition) is 2. The Hall–Kier alpha value is -0.280. The van der Waals surface area contributed by atoms with Gasteiger partial charge in [-0.1, -0.05) is 36.2 Å². The van der Waals surface area contributed by atoms with Crippen LogP contribution in [-0.2, 0) is 6.54 Å². The highest BCUT2D eigenvalue weighted by Gasteiger charge is 2.38. The Morgan fingerprint density at radius 3 is 2.56 bits per heavy atom. The van der Waals surface area contributed by atoms with Crippen molar-refractivity contribution in [3.8, 4) is 0 Å². The Bertz CT molecular complexity index is 389. The molecule has 0 amide bonds. The maximum atomic E-state index is 9.88. The summed E-state index contributed by atoms with van der Waals surface area (Å²) in [4.78, 5) is 2.20. The summed E-state index contributed by atoms with van der Waals surface area (Å²) in [5, 5.41) is 11.0. The smallest absolute Gasteiger partial charge is 0.0897 e. The van der Waals surface area contributed by atoms with Crippen molar-refractivity contribution in [1.82, 2.24) is 4.90 Å². The second-order valence-electron chi connectivity index (χ2n) is 4.47. The summed E-state index contributed by atoms with van der Waals surface area (Å²) in [6.45, 7) is 4.31. The molecule has 1 aromatic rings. The monoisotopic (exact) mass is 259 g/mol.